The average Bonchev–Trinajstić information content (AvgIpc) is 2.56. The van der Waals surface area contributed by atoms with Crippen LogP contribution >= 0.6 is 0 Å². The minimum absolute atomic E-state index is 0.568. The van der Waals surface area contributed by atoms with Crippen LogP contribution in [0.2, 0.25) is 0 Å². The molecule has 1 heterocycles. The van der Waals surface area contributed by atoms with E-state index in [1.165, 1.54) is 38.1 Å². The van der Waals surface area contributed by atoms with E-state index in [0.717, 1.165) is 12.1 Å². The minimum Gasteiger partial charge on any atom is -0.305 e. The highest BCUT2D eigenvalue weighted by atomic mass is 19.4. The molecule has 1 atom stereocenters. The first-order chi connectivity index (χ1) is 11.2. The lowest BCUT2D eigenvalue weighted by molar-refractivity contribution is -0.137. The Balaban J connectivity index is 0.000000405. The molecule has 2 rings (SSSR count). The van der Waals surface area contributed by atoms with Gasteiger partial charge in [0.2, 0.25) is 0 Å². The molecule has 1 aromatic rings. The first-order valence-electron chi connectivity index (χ1n) is 8.75. The number of alkyl halides is 3. The van der Waals surface area contributed by atoms with Crippen LogP contribution in [0.15, 0.2) is 24.3 Å². The highest BCUT2D eigenvalue weighted by Crippen LogP contribution is 2.29. The Labute approximate surface area is 145 Å². The number of hydrogen-bond acceptors (Lipinski definition) is 2. The van der Waals surface area contributed by atoms with Gasteiger partial charge in [0.1, 0.15) is 0 Å². The monoisotopic (exact) mass is 346 g/mol. The Bertz CT molecular complexity index is 444. The standard InChI is InChI=1S/C9H9F3.C8H18N2.C2H6/c1-2-7-4-3-5-8(6-7)9(10,11)12;1-9(2)8-5-4-6-10(3)7-8;1-2/h3-6H,2H2,1H3;8H,4-7H2,1-3H3;1-2H3. The van der Waals surface area contributed by atoms with Gasteiger partial charge >= 0.3 is 6.18 Å². The summed E-state index contributed by atoms with van der Waals surface area (Å²) in [7, 11) is 6.54. The molecule has 1 fully saturated rings. The van der Waals surface area contributed by atoms with Gasteiger partial charge in [-0.25, -0.2) is 0 Å². The SMILES string of the molecule is CC.CCc1cccc(C(F)(F)F)c1.CN1CCCC(N(C)C)C1. The number of aryl methyl sites for hydroxylation is 1. The summed E-state index contributed by atoms with van der Waals surface area (Å²) in [5.74, 6) is 0. The van der Waals surface area contributed by atoms with Crippen LogP contribution in [-0.4, -0.2) is 50.1 Å². The van der Waals surface area contributed by atoms with Crippen LogP contribution in [0.25, 0.3) is 0 Å². The van der Waals surface area contributed by atoms with E-state index in [-0.39, 0.29) is 0 Å². The summed E-state index contributed by atoms with van der Waals surface area (Å²) >= 11 is 0. The van der Waals surface area contributed by atoms with Crippen LogP contribution in [0.5, 0.6) is 0 Å². The highest BCUT2D eigenvalue weighted by molar-refractivity contribution is 5.25. The predicted molar refractivity (Wildman–Crippen MR) is 96.4 cm³/mol. The van der Waals surface area contributed by atoms with Crippen molar-refractivity contribution < 1.29 is 13.2 Å². The highest BCUT2D eigenvalue weighted by Gasteiger charge is 2.30. The van der Waals surface area contributed by atoms with E-state index in [1.54, 1.807) is 6.07 Å². The molecule has 0 aromatic heterocycles. The Morgan fingerprint density at radius 2 is 1.83 bits per heavy atom. The summed E-state index contributed by atoms with van der Waals surface area (Å²) in [5, 5.41) is 0. The first kappa shape index (κ1) is 22.9. The molecule has 0 radical (unpaired) electrons. The Kier molecular flexibility index (Phi) is 11.0. The van der Waals surface area contributed by atoms with E-state index in [1.807, 2.05) is 20.8 Å². The first-order valence-corrected chi connectivity index (χ1v) is 8.75. The van der Waals surface area contributed by atoms with Crippen LogP contribution in [0.1, 0.15) is 44.7 Å². The van der Waals surface area contributed by atoms with Gasteiger partial charge < -0.3 is 9.80 Å². The smallest absolute Gasteiger partial charge is 0.305 e. The number of nitrogens with zero attached hydrogens (tertiary/aromatic N) is 2. The fraction of sp³-hybridized carbons (Fsp3) is 0.684. The lowest BCUT2D eigenvalue weighted by Gasteiger charge is -2.33. The molecule has 0 bridgehead atoms. The van der Waals surface area contributed by atoms with E-state index in [9.17, 15) is 13.2 Å². The molecule has 140 valence electrons. The maximum atomic E-state index is 12.1. The summed E-state index contributed by atoms with van der Waals surface area (Å²) in [5.41, 5.74) is 0.145. The third-order valence-corrected chi connectivity index (χ3v) is 3.99. The Morgan fingerprint density at radius 3 is 2.25 bits per heavy atom. The number of likely N-dealkylation sites (tertiary alicyclic amines) is 1. The number of hydrogen-bond donors (Lipinski definition) is 0. The van der Waals surface area contributed by atoms with E-state index in [2.05, 4.69) is 30.9 Å². The van der Waals surface area contributed by atoms with E-state index in [0.29, 0.717) is 12.0 Å². The molecule has 2 nitrogen and oxygen atoms in total. The van der Waals surface area contributed by atoms with Crippen molar-refractivity contribution in [3.8, 4) is 0 Å². The molecule has 0 N–H and O–H groups in total. The van der Waals surface area contributed by atoms with Gasteiger partial charge in [-0.15, -0.1) is 0 Å². The molecule has 1 aliphatic heterocycles. The van der Waals surface area contributed by atoms with Crippen molar-refractivity contribution in [2.24, 2.45) is 0 Å². The van der Waals surface area contributed by atoms with E-state index in [4.69, 9.17) is 0 Å². The number of benzene rings is 1. The minimum atomic E-state index is -4.22. The van der Waals surface area contributed by atoms with Gasteiger partial charge in [0, 0.05) is 12.6 Å². The van der Waals surface area contributed by atoms with Gasteiger partial charge in [-0.1, -0.05) is 39.0 Å². The van der Waals surface area contributed by atoms with E-state index < -0.39 is 11.7 Å². The second-order valence-corrected chi connectivity index (χ2v) is 6.07. The molecule has 0 amide bonds. The summed E-state index contributed by atoms with van der Waals surface area (Å²) in [6.07, 6.45) is -0.855. The lowest BCUT2D eigenvalue weighted by atomic mass is 10.1. The third kappa shape index (κ3) is 8.69. The van der Waals surface area contributed by atoms with Crippen LogP contribution in [0.4, 0.5) is 13.2 Å². The largest absolute Gasteiger partial charge is 0.416 e. The molecule has 1 aliphatic rings. The maximum absolute atomic E-state index is 12.1. The van der Waals surface area contributed by atoms with Crippen molar-refractivity contribution in [2.75, 3.05) is 34.2 Å². The van der Waals surface area contributed by atoms with Crippen molar-refractivity contribution in [1.29, 1.82) is 0 Å². The second kappa shape index (κ2) is 11.5. The number of likely N-dealkylation sites (N-methyl/N-ethyl adjacent to an activating group) is 2. The fourth-order valence-corrected chi connectivity index (χ4v) is 2.53. The van der Waals surface area contributed by atoms with Crippen LogP contribution < -0.4 is 0 Å². The average molecular weight is 346 g/mol. The van der Waals surface area contributed by atoms with Gasteiger partial charge in [-0.05, 0) is 58.6 Å². The molecule has 24 heavy (non-hydrogen) atoms. The van der Waals surface area contributed by atoms with Gasteiger partial charge in [-0.3, -0.25) is 0 Å². The summed E-state index contributed by atoms with van der Waals surface area (Å²) < 4.78 is 36.3. The molecule has 1 unspecified atom stereocenters. The Morgan fingerprint density at radius 1 is 1.21 bits per heavy atom. The number of halogens is 3. The van der Waals surface area contributed by atoms with Crippen molar-refractivity contribution in [3.63, 3.8) is 0 Å². The molecular formula is C19H33F3N2. The zero-order valence-corrected chi connectivity index (χ0v) is 16.0. The number of rotatable bonds is 2. The van der Waals surface area contributed by atoms with Gasteiger partial charge in [0.05, 0.1) is 5.56 Å². The summed E-state index contributed by atoms with van der Waals surface area (Å²) in [6, 6.07) is 6.18. The normalized spacial score (nSPS) is 18.3. The van der Waals surface area contributed by atoms with Crippen LogP contribution in [-0.2, 0) is 12.6 Å². The van der Waals surface area contributed by atoms with Gasteiger partial charge in [0.25, 0.3) is 0 Å². The topological polar surface area (TPSA) is 6.48 Å². The molecule has 0 spiro atoms. The quantitative estimate of drug-likeness (QED) is 0.749. The fourth-order valence-electron chi connectivity index (χ4n) is 2.53. The molecule has 1 saturated heterocycles. The molecule has 0 saturated carbocycles. The Hall–Kier alpha value is -1.07. The zero-order valence-electron chi connectivity index (χ0n) is 16.0. The molecule has 5 heteroatoms. The maximum Gasteiger partial charge on any atom is 0.416 e. The molecule has 0 aliphatic carbocycles. The zero-order chi connectivity index (χ0) is 18.8. The van der Waals surface area contributed by atoms with Crippen molar-refractivity contribution in [1.82, 2.24) is 9.80 Å². The number of piperidine rings is 1. The van der Waals surface area contributed by atoms with Crippen molar-refractivity contribution in [2.45, 2.75) is 52.3 Å². The summed E-state index contributed by atoms with van der Waals surface area (Å²) in [4.78, 5) is 4.74. The van der Waals surface area contributed by atoms with Crippen molar-refractivity contribution in [3.05, 3.63) is 35.4 Å². The molecular weight excluding hydrogens is 313 g/mol. The summed E-state index contributed by atoms with van der Waals surface area (Å²) in [6.45, 7) is 8.35. The predicted octanol–water partition coefficient (Wildman–Crippen LogP) is 4.94. The second-order valence-electron chi connectivity index (χ2n) is 6.07. The lowest BCUT2D eigenvalue weighted by Crippen LogP contribution is -2.43. The van der Waals surface area contributed by atoms with Crippen LogP contribution in [0, 0.1) is 0 Å². The third-order valence-electron chi connectivity index (χ3n) is 3.99. The molecule has 1 aromatic carbocycles. The van der Waals surface area contributed by atoms with E-state index >= 15 is 0 Å². The van der Waals surface area contributed by atoms with Crippen molar-refractivity contribution >= 4 is 0 Å². The van der Waals surface area contributed by atoms with Gasteiger partial charge in [0.15, 0.2) is 0 Å². The van der Waals surface area contributed by atoms with Crippen LogP contribution in [0.3, 0.4) is 0 Å². The van der Waals surface area contributed by atoms with Gasteiger partial charge in [-0.2, -0.15) is 13.2 Å².